The summed E-state index contributed by atoms with van der Waals surface area (Å²) in [6.07, 6.45) is 4.06. The SMILES string of the molecule is CCCNc1ccncc1C(=O)NCC(=O)NC. The Labute approximate surface area is 106 Å². The van der Waals surface area contributed by atoms with Crippen LogP contribution >= 0.6 is 0 Å². The maximum Gasteiger partial charge on any atom is 0.255 e. The zero-order valence-electron chi connectivity index (χ0n) is 10.6. The molecule has 2 amide bonds. The number of carbonyl (C=O) groups is 2. The van der Waals surface area contributed by atoms with Crippen LogP contribution < -0.4 is 16.0 Å². The van der Waals surface area contributed by atoms with Crippen LogP contribution in [0.1, 0.15) is 23.7 Å². The highest BCUT2D eigenvalue weighted by molar-refractivity contribution is 6.00. The Bertz CT molecular complexity index is 420. The summed E-state index contributed by atoms with van der Waals surface area (Å²) in [5, 5.41) is 8.12. The molecule has 3 N–H and O–H groups in total. The Morgan fingerprint density at radius 1 is 1.39 bits per heavy atom. The third kappa shape index (κ3) is 4.04. The third-order valence-electron chi connectivity index (χ3n) is 2.32. The monoisotopic (exact) mass is 250 g/mol. The number of nitrogens with one attached hydrogen (secondary N) is 3. The van der Waals surface area contributed by atoms with E-state index < -0.39 is 0 Å². The van der Waals surface area contributed by atoms with Crippen LogP contribution in [0, 0.1) is 0 Å². The summed E-state index contributed by atoms with van der Waals surface area (Å²) in [6.45, 7) is 2.77. The number of hydrogen-bond acceptors (Lipinski definition) is 4. The van der Waals surface area contributed by atoms with Crippen molar-refractivity contribution in [1.29, 1.82) is 0 Å². The van der Waals surface area contributed by atoms with E-state index in [4.69, 9.17) is 0 Å². The summed E-state index contributed by atoms with van der Waals surface area (Å²) in [5.41, 5.74) is 1.16. The van der Waals surface area contributed by atoms with E-state index in [9.17, 15) is 9.59 Å². The first-order valence-corrected chi connectivity index (χ1v) is 5.85. The smallest absolute Gasteiger partial charge is 0.255 e. The molecule has 1 heterocycles. The van der Waals surface area contributed by atoms with Crippen molar-refractivity contribution in [2.45, 2.75) is 13.3 Å². The lowest BCUT2D eigenvalue weighted by atomic mass is 10.2. The van der Waals surface area contributed by atoms with Gasteiger partial charge in [-0.05, 0) is 12.5 Å². The molecule has 0 fully saturated rings. The molecule has 0 aliphatic carbocycles. The first kappa shape index (κ1) is 14.0. The Morgan fingerprint density at radius 3 is 2.83 bits per heavy atom. The van der Waals surface area contributed by atoms with E-state index in [0.29, 0.717) is 5.56 Å². The average molecular weight is 250 g/mol. The zero-order chi connectivity index (χ0) is 13.4. The van der Waals surface area contributed by atoms with Crippen LogP contribution in [0.5, 0.6) is 0 Å². The van der Waals surface area contributed by atoms with Crippen LogP contribution in [0.3, 0.4) is 0 Å². The summed E-state index contributed by atoms with van der Waals surface area (Å²) in [5.74, 6) is -0.555. The summed E-state index contributed by atoms with van der Waals surface area (Å²) in [4.78, 5) is 26.8. The van der Waals surface area contributed by atoms with Gasteiger partial charge in [0.2, 0.25) is 5.91 Å². The Balaban J connectivity index is 2.69. The molecule has 18 heavy (non-hydrogen) atoms. The Hall–Kier alpha value is -2.11. The van der Waals surface area contributed by atoms with Gasteiger partial charge in [-0.3, -0.25) is 14.6 Å². The Kier molecular flexibility index (Phi) is 5.63. The van der Waals surface area contributed by atoms with Crippen molar-refractivity contribution in [2.24, 2.45) is 0 Å². The number of carbonyl (C=O) groups excluding carboxylic acids is 2. The molecular formula is C12H18N4O2. The third-order valence-corrected chi connectivity index (χ3v) is 2.32. The van der Waals surface area contributed by atoms with Gasteiger partial charge in [0.25, 0.3) is 5.91 Å². The maximum atomic E-state index is 11.9. The molecule has 6 heteroatoms. The van der Waals surface area contributed by atoms with Gasteiger partial charge >= 0.3 is 0 Å². The largest absolute Gasteiger partial charge is 0.384 e. The highest BCUT2D eigenvalue weighted by Crippen LogP contribution is 2.13. The molecule has 0 aliphatic rings. The molecule has 0 bridgehead atoms. The summed E-state index contributed by atoms with van der Waals surface area (Å²) >= 11 is 0. The van der Waals surface area contributed by atoms with Crippen molar-refractivity contribution in [3.63, 3.8) is 0 Å². The van der Waals surface area contributed by atoms with Crippen LogP contribution in [-0.4, -0.2) is 36.9 Å². The topological polar surface area (TPSA) is 83.1 Å². The minimum Gasteiger partial charge on any atom is -0.384 e. The molecular weight excluding hydrogens is 232 g/mol. The molecule has 0 radical (unpaired) electrons. The van der Waals surface area contributed by atoms with Gasteiger partial charge in [-0.2, -0.15) is 0 Å². The molecule has 0 unspecified atom stereocenters. The minimum absolute atomic E-state index is 0.0442. The van der Waals surface area contributed by atoms with Gasteiger partial charge in [0.15, 0.2) is 0 Å². The van der Waals surface area contributed by atoms with Crippen molar-refractivity contribution in [3.05, 3.63) is 24.0 Å². The number of amides is 2. The fourth-order valence-corrected chi connectivity index (χ4v) is 1.33. The van der Waals surface area contributed by atoms with E-state index in [-0.39, 0.29) is 18.4 Å². The van der Waals surface area contributed by atoms with Crippen LogP contribution in [0.2, 0.25) is 0 Å². The van der Waals surface area contributed by atoms with E-state index in [1.54, 1.807) is 12.3 Å². The van der Waals surface area contributed by atoms with Gasteiger partial charge in [0.05, 0.1) is 17.8 Å². The average Bonchev–Trinajstić information content (AvgIpc) is 2.42. The van der Waals surface area contributed by atoms with E-state index in [2.05, 4.69) is 20.9 Å². The quantitative estimate of drug-likeness (QED) is 0.681. The highest BCUT2D eigenvalue weighted by Gasteiger charge is 2.11. The summed E-state index contributed by atoms with van der Waals surface area (Å²) in [6, 6.07) is 1.74. The number of nitrogens with zero attached hydrogens (tertiary/aromatic N) is 1. The normalized spacial score (nSPS) is 9.67. The predicted molar refractivity (Wildman–Crippen MR) is 69.4 cm³/mol. The second-order valence-electron chi connectivity index (χ2n) is 3.70. The lowest BCUT2D eigenvalue weighted by Crippen LogP contribution is -2.35. The van der Waals surface area contributed by atoms with Gasteiger partial charge in [-0.15, -0.1) is 0 Å². The number of anilines is 1. The van der Waals surface area contributed by atoms with E-state index in [1.165, 1.54) is 13.2 Å². The first-order chi connectivity index (χ1) is 8.69. The van der Waals surface area contributed by atoms with Crippen LogP contribution in [0.4, 0.5) is 5.69 Å². The lowest BCUT2D eigenvalue weighted by molar-refractivity contribution is -0.119. The van der Waals surface area contributed by atoms with E-state index in [1.807, 2.05) is 6.92 Å². The molecule has 0 spiro atoms. The number of likely N-dealkylation sites (N-methyl/N-ethyl adjacent to an activating group) is 1. The van der Waals surface area contributed by atoms with Crippen LogP contribution in [0.15, 0.2) is 18.5 Å². The van der Waals surface area contributed by atoms with E-state index >= 15 is 0 Å². The number of aromatic nitrogens is 1. The fraction of sp³-hybridized carbons (Fsp3) is 0.417. The van der Waals surface area contributed by atoms with Crippen LogP contribution in [0.25, 0.3) is 0 Å². The van der Waals surface area contributed by atoms with Crippen molar-refractivity contribution in [1.82, 2.24) is 15.6 Å². The van der Waals surface area contributed by atoms with Crippen molar-refractivity contribution in [2.75, 3.05) is 25.5 Å². The standard InChI is InChI=1S/C12H18N4O2/c1-3-5-15-10-4-6-14-7-9(10)12(18)16-8-11(17)13-2/h4,6-7H,3,5,8H2,1-2H3,(H,13,17)(H,14,15)(H,16,18). The van der Waals surface area contributed by atoms with Crippen molar-refractivity contribution in [3.8, 4) is 0 Å². The molecule has 0 saturated carbocycles. The lowest BCUT2D eigenvalue weighted by Gasteiger charge is -2.10. The zero-order valence-corrected chi connectivity index (χ0v) is 10.6. The number of pyridine rings is 1. The number of hydrogen-bond donors (Lipinski definition) is 3. The van der Waals surface area contributed by atoms with Gasteiger partial charge < -0.3 is 16.0 Å². The molecule has 98 valence electrons. The molecule has 0 saturated heterocycles. The van der Waals surface area contributed by atoms with Crippen molar-refractivity contribution >= 4 is 17.5 Å². The molecule has 1 aromatic rings. The second-order valence-corrected chi connectivity index (χ2v) is 3.70. The Morgan fingerprint density at radius 2 is 2.17 bits per heavy atom. The van der Waals surface area contributed by atoms with Gasteiger partial charge in [0, 0.05) is 26.0 Å². The second kappa shape index (κ2) is 7.26. The highest BCUT2D eigenvalue weighted by atomic mass is 16.2. The predicted octanol–water partition coefficient (Wildman–Crippen LogP) is 0.379. The van der Waals surface area contributed by atoms with Crippen LogP contribution in [-0.2, 0) is 4.79 Å². The molecule has 1 aromatic heterocycles. The molecule has 1 rings (SSSR count). The van der Waals surface area contributed by atoms with Gasteiger partial charge in [0.1, 0.15) is 0 Å². The van der Waals surface area contributed by atoms with Gasteiger partial charge in [-0.1, -0.05) is 6.92 Å². The fourth-order valence-electron chi connectivity index (χ4n) is 1.33. The molecule has 0 aromatic carbocycles. The van der Waals surface area contributed by atoms with E-state index in [0.717, 1.165) is 18.7 Å². The number of rotatable bonds is 6. The maximum absolute atomic E-state index is 11.9. The molecule has 0 atom stereocenters. The first-order valence-electron chi connectivity index (χ1n) is 5.85. The summed E-state index contributed by atoms with van der Waals surface area (Å²) < 4.78 is 0. The summed E-state index contributed by atoms with van der Waals surface area (Å²) in [7, 11) is 1.52. The van der Waals surface area contributed by atoms with Gasteiger partial charge in [-0.25, -0.2) is 0 Å². The molecule has 0 aliphatic heterocycles. The minimum atomic E-state index is -0.315. The van der Waals surface area contributed by atoms with Crippen molar-refractivity contribution < 1.29 is 9.59 Å². The molecule has 6 nitrogen and oxygen atoms in total.